The molecule has 0 atom stereocenters. The summed E-state index contributed by atoms with van der Waals surface area (Å²) in [5, 5.41) is 3.56. The summed E-state index contributed by atoms with van der Waals surface area (Å²) in [5.74, 6) is 0.331. The Morgan fingerprint density at radius 1 is 1.10 bits per heavy atom. The quantitative estimate of drug-likeness (QED) is 0.659. The summed E-state index contributed by atoms with van der Waals surface area (Å²) in [5.41, 5.74) is 4.03. The number of nitrogens with zero attached hydrogens (tertiary/aromatic N) is 2. The van der Waals surface area contributed by atoms with Crippen molar-refractivity contribution in [3.05, 3.63) is 64.7 Å². The number of hydrogen-bond acceptors (Lipinski definition) is 3. The van der Waals surface area contributed by atoms with Crippen LogP contribution in [0.25, 0.3) is 6.08 Å². The fraction of sp³-hybridized carbons (Fsp3) is 0.375. The molecule has 1 saturated heterocycles. The SMILES string of the molecule is CCN1CCN(c2ccc(NC(=O)/C=C/c3ccc(C(C)C)cc3)cc2Cl)CC1. The predicted molar refractivity (Wildman–Crippen MR) is 124 cm³/mol. The van der Waals surface area contributed by atoms with Gasteiger partial charge in [-0.15, -0.1) is 0 Å². The summed E-state index contributed by atoms with van der Waals surface area (Å²) >= 11 is 6.51. The highest BCUT2D eigenvalue weighted by atomic mass is 35.5. The molecule has 1 heterocycles. The molecule has 154 valence electrons. The van der Waals surface area contributed by atoms with E-state index in [9.17, 15) is 4.79 Å². The van der Waals surface area contributed by atoms with E-state index in [0.717, 1.165) is 44.0 Å². The lowest BCUT2D eigenvalue weighted by Gasteiger charge is -2.36. The van der Waals surface area contributed by atoms with Gasteiger partial charge in [-0.3, -0.25) is 4.79 Å². The fourth-order valence-electron chi connectivity index (χ4n) is 3.49. The lowest BCUT2D eigenvalue weighted by Crippen LogP contribution is -2.46. The third-order valence-electron chi connectivity index (χ3n) is 5.41. The van der Waals surface area contributed by atoms with Crippen molar-refractivity contribution in [1.29, 1.82) is 0 Å². The minimum atomic E-state index is -0.168. The molecule has 1 aliphatic rings. The van der Waals surface area contributed by atoms with Crippen LogP contribution in [-0.4, -0.2) is 43.5 Å². The molecule has 3 rings (SSSR count). The third-order valence-corrected chi connectivity index (χ3v) is 5.71. The van der Waals surface area contributed by atoms with Gasteiger partial charge in [0.2, 0.25) is 5.91 Å². The predicted octanol–water partition coefficient (Wildman–Crippen LogP) is 5.26. The van der Waals surface area contributed by atoms with Crippen LogP contribution in [0.2, 0.25) is 5.02 Å². The third kappa shape index (κ3) is 5.84. The highest BCUT2D eigenvalue weighted by Crippen LogP contribution is 2.29. The molecule has 5 heteroatoms. The van der Waals surface area contributed by atoms with Crippen molar-refractivity contribution in [3.8, 4) is 0 Å². The van der Waals surface area contributed by atoms with E-state index in [2.05, 4.69) is 48.0 Å². The molecule has 1 amide bonds. The highest BCUT2D eigenvalue weighted by molar-refractivity contribution is 6.33. The van der Waals surface area contributed by atoms with E-state index in [-0.39, 0.29) is 5.91 Å². The van der Waals surface area contributed by atoms with E-state index >= 15 is 0 Å². The number of likely N-dealkylation sites (N-methyl/N-ethyl adjacent to an activating group) is 1. The van der Waals surface area contributed by atoms with Crippen LogP contribution < -0.4 is 10.2 Å². The lowest BCUT2D eigenvalue weighted by atomic mass is 10.0. The Balaban J connectivity index is 1.58. The molecule has 0 unspecified atom stereocenters. The Morgan fingerprint density at radius 2 is 1.79 bits per heavy atom. The number of amides is 1. The number of anilines is 2. The normalized spacial score (nSPS) is 15.3. The second-order valence-electron chi connectivity index (χ2n) is 7.73. The monoisotopic (exact) mass is 411 g/mol. The Morgan fingerprint density at radius 3 is 2.38 bits per heavy atom. The number of carbonyl (C=O) groups is 1. The van der Waals surface area contributed by atoms with E-state index in [1.165, 1.54) is 5.56 Å². The number of piperazine rings is 1. The van der Waals surface area contributed by atoms with Crippen molar-refractivity contribution in [2.75, 3.05) is 42.9 Å². The molecule has 0 aliphatic carbocycles. The van der Waals surface area contributed by atoms with Crippen LogP contribution in [0.1, 0.15) is 37.8 Å². The largest absolute Gasteiger partial charge is 0.368 e. The molecule has 1 N–H and O–H groups in total. The molecule has 29 heavy (non-hydrogen) atoms. The van der Waals surface area contributed by atoms with E-state index in [0.29, 0.717) is 16.6 Å². The van der Waals surface area contributed by atoms with Crippen molar-refractivity contribution in [3.63, 3.8) is 0 Å². The van der Waals surface area contributed by atoms with Gasteiger partial charge in [0.25, 0.3) is 0 Å². The maximum absolute atomic E-state index is 12.3. The molecular weight excluding hydrogens is 382 g/mol. The molecule has 0 saturated carbocycles. The van der Waals surface area contributed by atoms with Gasteiger partial charge in [0.05, 0.1) is 10.7 Å². The molecular formula is C24H30ClN3O. The van der Waals surface area contributed by atoms with Crippen LogP contribution in [0.5, 0.6) is 0 Å². The van der Waals surface area contributed by atoms with E-state index in [1.807, 2.05) is 36.4 Å². The first-order valence-electron chi connectivity index (χ1n) is 10.3. The van der Waals surface area contributed by atoms with Gasteiger partial charge in [-0.2, -0.15) is 0 Å². The van der Waals surface area contributed by atoms with Crippen LogP contribution in [-0.2, 0) is 4.79 Å². The van der Waals surface area contributed by atoms with Gasteiger partial charge in [-0.25, -0.2) is 0 Å². The van der Waals surface area contributed by atoms with E-state index in [1.54, 1.807) is 6.08 Å². The number of halogens is 1. The van der Waals surface area contributed by atoms with Gasteiger partial charge in [0, 0.05) is 37.9 Å². The number of carbonyl (C=O) groups excluding carboxylic acids is 1. The summed E-state index contributed by atoms with van der Waals surface area (Å²) in [6.45, 7) is 11.6. The molecule has 4 nitrogen and oxygen atoms in total. The molecule has 1 aliphatic heterocycles. The molecule has 0 aromatic heterocycles. The second-order valence-corrected chi connectivity index (χ2v) is 8.14. The smallest absolute Gasteiger partial charge is 0.248 e. The lowest BCUT2D eigenvalue weighted by molar-refractivity contribution is -0.111. The van der Waals surface area contributed by atoms with Crippen molar-refractivity contribution in [2.45, 2.75) is 26.7 Å². The Kier molecular flexibility index (Phi) is 7.34. The van der Waals surface area contributed by atoms with Crippen molar-refractivity contribution in [2.24, 2.45) is 0 Å². The second kappa shape index (κ2) is 9.95. The standard InChI is InChI=1S/C24H30ClN3O/c1-4-27-13-15-28(16-14-27)23-11-10-21(17-22(23)25)26-24(29)12-7-19-5-8-20(9-6-19)18(2)3/h5-12,17-18H,4,13-16H2,1-3H3,(H,26,29)/b12-7+. The summed E-state index contributed by atoms with van der Waals surface area (Å²) < 4.78 is 0. The van der Waals surface area contributed by atoms with Gasteiger partial charge in [-0.05, 0) is 47.9 Å². The molecule has 0 spiro atoms. The Hall–Kier alpha value is -2.30. The van der Waals surface area contributed by atoms with Gasteiger partial charge in [0.15, 0.2) is 0 Å². The average molecular weight is 412 g/mol. The summed E-state index contributed by atoms with van der Waals surface area (Å²) in [6.07, 6.45) is 3.37. The Labute approximate surface area is 179 Å². The van der Waals surface area contributed by atoms with Gasteiger partial charge in [0.1, 0.15) is 0 Å². The number of rotatable bonds is 6. The molecule has 1 fully saturated rings. The first-order valence-corrected chi connectivity index (χ1v) is 10.7. The summed E-state index contributed by atoms with van der Waals surface area (Å²) in [4.78, 5) is 17.0. The maximum atomic E-state index is 12.3. The zero-order valence-corrected chi connectivity index (χ0v) is 18.2. The van der Waals surface area contributed by atoms with Crippen LogP contribution in [0.3, 0.4) is 0 Å². The van der Waals surface area contributed by atoms with E-state index in [4.69, 9.17) is 11.6 Å². The van der Waals surface area contributed by atoms with Crippen LogP contribution in [0.4, 0.5) is 11.4 Å². The van der Waals surface area contributed by atoms with Gasteiger partial charge in [-0.1, -0.05) is 56.6 Å². The Bertz CT molecular complexity index is 853. The highest BCUT2D eigenvalue weighted by Gasteiger charge is 2.18. The van der Waals surface area contributed by atoms with Crippen molar-refractivity contribution < 1.29 is 4.79 Å². The molecule has 0 radical (unpaired) electrons. The van der Waals surface area contributed by atoms with Crippen molar-refractivity contribution >= 4 is 35.0 Å². The minimum Gasteiger partial charge on any atom is -0.368 e. The van der Waals surface area contributed by atoms with E-state index < -0.39 is 0 Å². The molecule has 2 aromatic rings. The molecule has 2 aromatic carbocycles. The molecule has 0 bridgehead atoms. The number of nitrogens with one attached hydrogen (secondary N) is 1. The van der Waals surface area contributed by atoms with Crippen molar-refractivity contribution in [1.82, 2.24) is 4.90 Å². The van der Waals surface area contributed by atoms with Crippen LogP contribution in [0.15, 0.2) is 48.5 Å². The van der Waals surface area contributed by atoms with Gasteiger partial charge < -0.3 is 15.1 Å². The van der Waals surface area contributed by atoms with Crippen LogP contribution in [0, 0.1) is 0 Å². The minimum absolute atomic E-state index is 0.168. The first-order chi connectivity index (χ1) is 14.0. The fourth-order valence-corrected chi connectivity index (χ4v) is 3.79. The number of benzene rings is 2. The zero-order chi connectivity index (χ0) is 20.8. The maximum Gasteiger partial charge on any atom is 0.248 e. The number of hydrogen-bond donors (Lipinski definition) is 1. The van der Waals surface area contributed by atoms with Gasteiger partial charge >= 0.3 is 0 Å². The summed E-state index contributed by atoms with van der Waals surface area (Å²) in [6, 6.07) is 14.0. The topological polar surface area (TPSA) is 35.6 Å². The average Bonchev–Trinajstić information content (AvgIpc) is 2.73. The van der Waals surface area contributed by atoms with Crippen LogP contribution >= 0.6 is 11.6 Å². The first kappa shape index (κ1) is 21.4. The summed E-state index contributed by atoms with van der Waals surface area (Å²) in [7, 11) is 0. The zero-order valence-electron chi connectivity index (χ0n) is 17.5.